The largest absolute Gasteiger partial charge is 0.393 e. The van der Waals surface area contributed by atoms with Crippen molar-refractivity contribution in [2.24, 2.45) is 4.99 Å². The molecular weight excluding hydrogens is 254 g/mol. The summed E-state index contributed by atoms with van der Waals surface area (Å²) in [7, 11) is 0. The summed E-state index contributed by atoms with van der Waals surface area (Å²) < 4.78 is 0. The predicted octanol–water partition coefficient (Wildman–Crippen LogP) is 3.12. The molecule has 0 bridgehead atoms. The second kappa shape index (κ2) is 4.63. The van der Waals surface area contributed by atoms with Crippen LogP contribution in [0.25, 0.3) is 0 Å². The van der Waals surface area contributed by atoms with E-state index in [2.05, 4.69) is 0 Å². The van der Waals surface area contributed by atoms with E-state index in [1.807, 2.05) is 24.3 Å². The molecular formula is C13H14ClNOS. The van der Waals surface area contributed by atoms with Crippen LogP contribution >= 0.6 is 23.4 Å². The minimum Gasteiger partial charge on any atom is -0.393 e. The molecule has 1 aromatic rings. The Morgan fingerprint density at radius 3 is 2.76 bits per heavy atom. The van der Waals surface area contributed by atoms with Gasteiger partial charge in [-0.1, -0.05) is 23.7 Å². The lowest BCUT2D eigenvalue weighted by atomic mass is 9.93. The highest BCUT2D eigenvalue weighted by Gasteiger charge is 2.35. The molecule has 0 saturated heterocycles. The summed E-state index contributed by atoms with van der Waals surface area (Å²) in [6, 6.07) is 8.23. The van der Waals surface area contributed by atoms with Crippen LogP contribution in [0.1, 0.15) is 24.8 Å². The Labute approximate surface area is 110 Å². The molecule has 1 aromatic carbocycles. The number of thioether (sulfide) groups is 1. The van der Waals surface area contributed by atoms with Gasteiger partial charge in [0.1, 0.15) is 0 Å². The summed E-state index contributed by atoms with van der Waals surface area (Å²) in [6.45, 7) is 0. The highest BCUT2D eigenvalue weighted by atomic mass is 35.5. The first-order chi connectivity index (χ1) is 8.22. The Morgan fingerprint density at radius 1 is 1.24 bits per heavy atom. The van der Waals surface area contributed by atoms with Crippen molar-refractivity contribution in [3.05, 3.63) is 34.9 Å². The summed E-state index contributed by atoms with van der Waals surface area (Å²) in [5, 5.41) is 12.0. The molecule has 1 aliphatic carbocycles. The van der Waals surface area contributed by atoms with Gasteiger partial charge in [-0.15, -0.1) is 11.8 Å². The molecule has 1 aliphatic heterocycles. The van der Waals surface area contributed by atoms with E-state index >= 15 is 0 Å². The third-order valence-corrected chi connectivity index (χ3v) is 4.99. The SMILES string of the molecule is OC1CCC2N=C(c3ccc(Cl)cc3)SC2C1. The fourth-order valence-electron chi connectivity index (χ4n) is 2.43. The lowest BCUT2D eigenvalue weighted by Gasteiger charge is -2.26. The van der Waals surface area contributed by atoms with Crippen LogP contribution in [0.2, 0.25) is 5.02 Å². The Morgan fingerprint density at radius 2 is 2.00 bits per heavy atom. The zero-order valence-corrected chi connectivity index (χ0v) is 10.9. The molecule has 2 aliphatic rings. The molecule has 1 N–H and O–H groups in total. The molecule has 2 nitrogen and oxygen atoms in total. The first-order valence-electron chi connectivity index (χ1n) is 5.91. The number of nitrogens with zero attached hydrogens (tertiary/aromatic N) is 1. The van der Waals surface area contributed by atoms with Gasteiger partial charge in [0.25, 0.3) is 0 Å². The first kappa shape index (κ1) is 11.6. The van der Waals surface area contributed by atoms with Gasteiger partial charge in [0, 0.05) is 15.8 Å². The molecule has 17 heavy (non-hydrogen) atoms. The van der Waals surface area contributed by atoms with Gasteiger partial charge < -0.3 is 5.11 Å². The fourth-order valence-corrected chi connectivity index (χ4v) is 3.98. The maximum atomic E-state index is 9.67. The van der Waals surface area contributed by atoms with E-state index in [1.165, 1.54) is 0 Å². The molecule has 1 fully saturated rings. The van der Waals surface area contributed by atoms with Gasteiger partial charge in [0.2, 0.25) is 0 Å². The minimum atomic E-state index is -0.136. The van der Waals surface area contributed by atoms with Crippen molar-refractivity contribution in [3.63, 3.8) is 0 Å². The quantitative estimate of drug-likeness (QED) is 0.848. The molecule has 1 saturated carbocycles. The van der Waals surface area contributed by atoms with Crippen LogP contribution in [0.3, 0.4) is 0 Å². The van der Waals surface area contributed by atoms with Crippen LogP contribution in [0.5, 0.6) is 0 Å². The normalized spacial score (nSPS) is 32.1. The van der Waals surface area contributed by atoms with E-state index < -0.39 is 0 Å². The van der Waals surface area contributed by atoms with Crippen molar-refractivity contribution < 1.29 is 5.11 Å². The maximum absolute atomic E-state index is 9.67. The number of hydrogen-bond donors (Lipinski definition) is 1. The standard InChI is InChI=1S/C13H14ClNOS/c14-9-3-1-8(2-4-9)13-15-11-6-5-10(16)7-12(11)17-13/h1-4,10-12,16H,5-7H2. The van der Waals surface area contributed by atoms with Gasteiger partial charge in [-0.2, -0.15) is 0 Å². The van der Waals surface area contributed by atoms with Crippen molar-refractivity contribution >= 4 is 28.4 Å². The van der Waals surface area contributed by atoms with Gasteiger partial charge in [-0.3, -0.25) is 4.99 Å². The van der Waals surface area contributed by atoms with Crippen LogP contribution in [0.15, 0.2) is 29.3 Å². The van der Waals surface area contributed by atoms with Crippen molar-refractivity contribution in [2.45, 2.75) is 36.7 Å². The Bertz CT molecular complexity index is 445. The van der Waals surface area contributed by atoms with Gasteiger partial charge >= 0.3 is 0 Å². The number of halogens is 1. The lowest BCUT2D eigenvalue weighted by Crippen LogP contribution is -2.30. The summed E-state index contributed by atoms with van der Waals surface area (Å²) in [5.74, 6) is 0. The van der Waals surface area contributed by atoms with E-state index in [4.69, 9.17) is 16.6 Å². The minimum absolute atomic E-state index is 0.136. The molecule has 0 radical (unpaired) electrons. The Hall–Kier alpha value is -0.510. The number of hydrogen-bond acceptors (Lipinski definition) is 3. The highest BCUT2D eigenvalue weighted by molar-refractivity contribution is 8.15. The van der Waals surface area contributed by atoms with E-state index in [0.717, 1.165) is 34.9 Å². The molecule has 0 spiro atoms. The number of fused-ring (bicyclic) bond motifs is 1. The van der Waals surface area contributed by atoms with E-state index in [-0.39, 0.29) is 6.10 Å². The topological polar surface area (TPSA) is 32.6 Å². The lowest BCUT2D eigenvalue weighted by molar-refractivity contribution is 0.127. The zero-order chi connectivity index (χ0) is 11.8. The Balaban J connectivity index is 1.80. The molecule has 0 aromatic heterocycles. The van der Waals surface area contributed by atoms with Gasteiger partial charge in [-0.05, 0) is 31.4 Å². The molecule has 0 amide bonds. The number of benzene rings is 1. The molecule has 3 rings (SSSR count). The zero-order valence-electron chi connectivity index (χ0n) is 9.34. The van der Waals surface area contributed by atoms with E-state index in [1.54, 1.807) is 11.8 Å². The number of aliphatic hydroxyl groups is 1. The Kier molecular flexibility index (Phi) is 3.16. The first-order valence-corrected chi connectivity index (χ1v) is 7.16. The summed E-state index contributed by atoms with van der Waals surface area (Å²) >= 11 is 7.68. The maximum Gasteiger partial charge on any atom is 0.0984 e. The van der Waals surface area contributed by atoms with Gasteiger partial charge in [0.15, 0.2) is 0 Å². The summed E-state index contributed by atoms with van der Waals surface area (Å²) in [5.41, 5.74) is 1.14. The molecule has 3 unspecified atom stereocenters. The van der Waals surface area contributed by atoms with Crippen LogP contribution in [-0.4, -0.2) is 27.5 Å². The predicted molar refractivity (Wildman–Crippen MR) is 73.0 cm³/mol. The van der Waals surface area contributed by atoms with Crippen LogP contribution < -0.4 is 0 Å². The number of aliphatic hydroxyl groups excluding tert-OH is 1. The van der Waals surface area contributed by atoms with E-state index in [9.17, 15) is 5.11 Å². The molecule has 3 atom stereocenters. The number of aliphatic imine (C=N–C) groups is 1. The smallest absolute Gasteiger partial charge is 0.0984 e. The number of rotatable bonds is 1. The van der Waals surface area contributed by atoms with Crippen LogP contribution in [0.4, 0.5) is 0 Å². The van der Waals surface area contributed by atoms with E-state index in [0.29, 0.717) is 11.3 Å². The second-order valence-electron chi connectivity index (χ2n) is 4.63. The molecule has 1 heterocycles. The fraction of sp³-hybridized carbons (Fsp3) is 0.462. The second-order valence-corrected chi connectivity index (χ2v) is 6.30. The highest BCUT2D eigenvalue weighted by Crippen LogP contribution is 2.39. The molecule has 90 valence electrons. The summed E-state index contributed by atoms with van der Waals surface area (Å²) in [4.78, 5) is 4.77. The third kappa shape index (κ3) is 2.37. The van der Waals surface area contributed by atoms with Crippen LogP contribution in [-0.2, 0) is 0 Å². The van der Waals surface area contributed by atoms with Crippen molar-refractivity contribution in [1.29, 1.82) is 0 Å². The van der Waals surface area contributed by atoms with Crippen LogP contribution in [0, 0.1) is 0 Å². The van der Waals surface area contributed by atoms with Crippen molar-refractivity contribution in [2.75, 3.05) is 0 Å². The van der Waals surface area contributed by atoms with Gasteiger partial charge in [-0.25, -0.2) is 0 Å². The third-order valence-electron chi connectivity index (χ3n) is 3.37. The average molecular weight is 268 g/mol. The average Bonchev–Trinajstić information content (AvgIpc) is 2.72. The monoisotopic (exact) mass is 267 g/mol. The summed E-state index contributed by atoms with van der Waals surface area (Å²) in [6.07, 6.45) is 2.63. The van der Waals surface area contributed by atoms with Crippen molar-refractivity contribution in [3.8, 4) is 0 Å². The molecule has 4 heteroatoms. The van der Waals surface area contributed by atoms with Gasteiger partial charge in [0.05, 0.1) is 17.2 Å². The van der Waals surface area contributed by atoms with Crippen molar-refractivity contribution in [1.82, 2.24) is 0 Å².